The maximum Gasteiger partial charge on any atom is 0.0737 e. The molecule has 1 heterocycles. The van der Waals surface area contributed by atoms with E-state index >= 15 is 0 Å². The van der Waals surface area contributed by atoms with Gasteiger partial charge < -0.3 is 0 Å². The molecule has 62 valence electrons. The van der Waals surface area contributed by atoms with Gasteiger partial charge in [-0.1, -0.05) is 30.0 Å². The molecule has 0 radical (unpaired) electrons. The lowest BCUT2D eigenvalue weighted by Gasteiger charge is -2.15. The molecule has 0 fully saturated rings. The predicted octanol–water partition coefficient (Wildman–Crippen LogP) is 2.92. The summed E-state index contributed by atoms with van der Waals surface area (Å²) in [5, 5.41) is 1.18. The largest absolute Gasteiger partial charge is 0.275 e. The second-order valence-corrected chi connectivity index (χ2v) is 4.18. The third-order valence-corrected chi connectivity index (χ3v) is 2.76. The van der Waals surface area contributed by atoms with Gasteiger partial charge in [0.05, 0.1) is 11.1 Å². The van der Waals surface area contributed by atoms with Crippen LogP contribution in [-0.2, 0) is 0 Å². The third kappa shape index (κ3) is 1.69. The minimum atomic E-state index is 0.377. The molecule has 0 aromatic rings. The van der Waals surface area contributed by atoms with Crippen LogP contribution in [0.4, 0.5) is 0 Å². The van der Waals surface area contributed by atoms with Gasteiger partial charge >= 0.3 is 0 Å². The van der Waals surface area contributed by atoms with E-state index in [9.17, 15) is 0 Å². The number of allylic oxidation sites excluding steroid dienone is 3. The van der Waals surface area contributed by atoms with Crippen LogP contribution in [0.15, 0.2) is 40.3 Å². The molecule has 12 heavy (non-hydrogen) atoms. The van der Waals surface area contributed by atoms with Crippen molar-refractivity contribution in [2.45, 2.75) is 19.4 Å². The molecule has 0 N–H and O–H groups in total. The fraction of sp³-hybridized carbons (Fsp3) is 0.300. The first kappa shape index (κ1) is 7.87. The number of rotatable bonds is 0. The Balaban J connectivity index is 2.30. The van der Waals surface area contributed by atoms with Crippen molar-refractivity contribution in [3.63, 3.8) is 0 Å². The van der Waals surface area contributed by atoms with Gasteiger partial charge in [0.1, 0.15) is 0 Å². The molecular formula is C10H11NS. The van der Waals surface area contributed by atoms with Crippen LogP contribution < -0.4 is 0 Å². The Hall–Kier alpha value is -0.760. The van der Waals surface area contributed by atoms with Gasteiger partial charge in [0.15, 0.2) is 0 Å². The lowest BCUT2D eigenvalue weighted by Crippen LogP contribution is -2.07. The van der Waals surface area contributed by atoms with E-state index in [1.54, 1.807) is 11.8 Å². The number of aliphatic imine (C=N–C) groups is 1. The Labute approximate surface area is 77.0 Å². The standard InChI is InChI=1S/C10H11NS/c1-8-11-9-5-3-2-4-6-10(7-9)12-8/h2-4,6-7,9H,5H2,1H3. The summed E-state index contributed by atoms with van der Waals surface area (Å²) < 4.78 is 0. The zero-order valence-electron chi connectivity index (χ0n) is 7.03. The Morgan fingerprint density at radius 2 is 2.42 bits per heavy atom. The van der Waals surface area contributed by atoms with Crippen molar-refractivity contribution in [2.24, 2.45) is 4.99 Å². The number of hydrogen-bond acceptors (Lipinski definition) is 2. The Kier molecular flexibility index (Phi) is 2.17. The maximum atomic E-state index is 4.52. The molecule has 0 aromatic heterocycles. The number of thioether (sulfide) groups is 1. The molecular weight excluding hydrogens is 166 g/mol. The van der Waals surface area contributed by atoms with Crippen LogP contribution in [0, 0.1) is 0 Å². The summed E-state index contributed by atoms with van der Waals surface area (Å²) in [5.74, 6) is 0. The zero-order valence-corrected chi connectivity index (χ0v) is 7.84. The van der Waals surface area contributed by atoms with Crippen LogP contribution in [0.1, 0.15) is 13.3 Å². The molecule has 2 rings (SSSR count). The Bertz CT molecular complexity index is 297. The second-order valence-electron chi connectivity index (χ2n) is 2.91. The highest BCUT2D eigenvalue weighted by atomic mass is 32.2. The van der Waals surface area contributed by atoms with E-state index in [1.165, 1.54) is 9.95 Å². The molecule has 0 saturated carbocycles. The van der Waals surface area contributed by atoms with Crippen LogP contribution in [0.2, 0.25) is 0 Å². The van der Waals surface area contributed by atoms with Crippen LogP contribution >= 0.6 is 11.8 Å². The topological polar surface area (TPSA) is 12.4 Å². The van der Waals surface area contributed by atoms with Crippen molar-refractivity contribution in [3.8, 4) is 0 Å². The van der Waals surface area contributed by atoms with Crippen LogP contribution in [0.5, 0.6) is 0 Å². The van der Waals surface area contributed by atoms with Gasteiger partial charge in [-0.05, 0) is 25.5 Å². The van der Waals surface area contributed by atoms with Gasteiger partial charge in [0, 0.05) is 4.91 Å². The quantitative estimate of drug-likeness (QED) is 0.554. The molecule has 1 atom stereocenters. The first-order chi connectivity index (χ1) is 5.84. The molecule has 1 nitrogen and oxygen atoms in total. The van der Waals surface area contributed by atoms with Crippen molar-refractivity contribution in [2.75, 3.05) is 0 Å². The first-order valence-corrected chi connectivity index (χ1v) is 4.93. The van der Waals surface area contributed by atoms with Gasteiger partial charge in [-0.3, -0.25) is 4.99 Å². The summed E-state index contributed by atoms with van der Waals surface area (Å²) in [7, 11) is 0. The van der Waals surface area contributed by atoms with Crippen molar-refractivity contribution in [3.05, 3.63) is 35.3 Å². The van der Waals surface area contributed by atoms with Crippen molar-refractivity contribution < 1.29 is 0 Å². The van der Waals surface area contributed by atoms with Crippen LogP contribution in [-0.4, -0.2) is 11.1 Å². The van der Waals surface area contributed by atoms with Crippen LogP contribution in [0.25, 0.3) is 0 Å². The fourth-order valence-corrected chi connectivity index (χ4v) is 2.25. The Morgan fingerprint density at radius 3 is 3.33 bits per heavy atom. The molecule has 1 unspecified atom stereocenters. The van der Waals surface area contributed by atoms with Gasteiger partial charge in [0.2, 0.25) is 0 Å². The molecule has 1 aliphatic carbocycles. The highest BCUT2D eigenvalue weighted by Crippen LogP contribution is 2.27. The van der Waals surface area contributed by atoms with Crippen molar-refractivity contribution >= 4 is 16.8 Å². The van der Waals surface area contributed by atoms with E-state index in [0.29, 0.717) is 6.04 Å². The lowest BCUT2D eigenvalue weighted by molar-refractivity contribution is 0.833. The smallest absolute Gasteiger partial charge is 0.0737 e. The van der Waals surface area contributed by atoms with Gasteiger partial charge in [-0.25, -0.2) is 0 Å². The Morgan fingerprint density at radius 1 is 1.50 bits per heavy atom. The summed E-state index contributed by atoms with van der Waals surface area (Å²) in [5.41, 5.74) is 0. The molecule has 0 aromatic carbocycles. The average molecular weight is 177 g/mol. The SMILES string of the molecule is CC1=NC2C=C(C=CC=CC2)S1. The number of hydrogen-bond donors (Lipinski definition) is 0. The first-order valence-electron chi connectivity index (χ1n) is 4.12. The highest BCUT2D eigenvalue weighted by molar-refractivity contribution is 8.17. The summed E-state index contributed by atoms with van der Waals surface area (Å²) in [6, 6.07) is 0.377. The zero-order chi connectivity index (χ0) is 8.39. The van der Waals surface area contributed by atoms with E-state index in [-0.39, 0.29) is 0 Å². The minimum Gasteiger partial charge on any atom is -0.275 e. The molecule has 1 aliphatic heterocycles. The normalized spacial score (nSPS) is 27.2. The fourth-order valence-electron chi connectivity index (χ4n) is 1.35. The number of nitrogens with zero attached hydrogens (tertiary/aromatic N) is 1. The lowest BCUT2D eigenvalue weighted by atomic mass is 10.1. The van der Waals surface area contributed by atoms with Gasteiger partial charge in [-0.15, -0.1) is 0 Å². The number of fused-ring (bicyclic) bond motifs is 1. The predicted molar refractivity (Wildman–Crippen MR) is 55.5 cm³/mol. The molecule has 0 saturated heterocycles. The molecule has 0 amide bonds. The van der Waals surface area contributed by atoms with Gasteiger partial charge in [-0.2, -0.15) is 0 Å². The van der Waals surface area contributed by atoms with E-state index < -0.39 is 0 Å². The van der Waals surface area contributed by atoms with Crippen molar-refractivity contribution in [1.82, 2.24) is 0 Å². The van der Waals surface area contributed by atoms with Gasteiger partial charge in [0.25, 0.3) is 0 Å². The average Bonchev–Trinajstić information content (AvgIpc) is 2.00. The molecule has 2 bridgehead atoms. The van der Waals surface area contributed by atoms with Crippen LogP contribution in [0.3, 0.4) is 0 Å². The second kappa shape index (κ2) is 3.31. The van der Waals surface area contributed by atoms with Crippen molar-refractivity contribution in [1.29, 1.82) is 0 Å². The van der Waals surface area contributed by atoms with E-state index in [1.807, 2.05) is 0 Å². The molecule has 2 heteroatoms. The molecule has 0 spiro atoms. The monoisotopic (exact) mass is 177 g/mol. The highest BCUT2D eigenvalue weighted by Gasteiger charge is 2.11. The van der Waals surface area contributed by atoms with E-state index in [2.05, 4.69) is 42.3 Å². The summed E-state index contributed by atoms with van der Waals surface area (Å²) in [4.78, 5) is 5.85. The van der Waals surface area contributed by atoms with E-state index in [4.69, 9.17) is 0 Å². The maximum absolute atomic E-state index is 4.52. The molecule has 2 aliphatic rings. The minimum absolute atomic E-state index is 0.377. The third-order valence-electron chi connectivity index (χ3n) is 1.86. The summed E-state index contributed by atoms with van der Waals surface area (Å²) >= 11 is 1.75. The summed E-state index contributed by atoms with van der Waals surface area (Å²) in [6.07, 6.45) is 11.8. The van der Waals surface area contributed by atoms with E-state index in [0.717, 1.165) is 6.42 Å². The summed E-state index contributed by atoms with van der Waals surface area (Å²) in [6.45, 7) is 2.07.